The molecule has 6 nitrogen and oxygen atoms in total. The Morgan fingerprint density at radius 2 is 2.05 bits per heavy atom. The maximum atomic E-state index is 12.0. The monoisotopic (exact) mass is 271 g/mol. The number of fused-ring (bicyclic) bond motifs is 1. The predicted molar refractivity (Wildman–Crippen MR) is 71.0 cm³/mol. The van der Waals surface area contributed by atoms with Crippen molar-refractivity contribution in [3.63, 3.8) is 0 Å². The van der Waals surface area contributed by atoms with Crippen LogP contribution >= 0.6 is 0 Å². The molecule has 0 saturated heterocycles. The number of hydrogen-bond acceptors (Lipinski definition) is 5. The molecular formula is C14H13N3O3. The molecule has 6 heteroatoms. The Morgan fingerprint density at radius 1 is 1.25 bits per heavy atom. The van der Waals surface area contributed by atoms with Crippen LogP contribution in [0.1, 0.15) is 23.2 Å². The quantitative estimate of drug-likeness (QED) is 0.841. The number of ether oxygens (including phenoxy) is 1. The molecule has 2 aromatic rings. The Balaban J connectivity index is 1.70. The lowest BCUT2D eigenvalue weighted by molar-refractivity contribution is -0.124. The molecular weight excluding hydrogens is 258 g/mol. The molecule has 1 fully saturated rings. The van der Waals surface area contributed by atoms with E-state index < -0.39 is 5.97 Å². The molecule has 102 valence electrons. The lowest BCUT2D eigenvalue weighted by atomic mass is 10.2. The van der Waals surface area contributed by atoms with Crippen molar-refractivity contribution in [3.8, 4) is 0 Å². The van der Waals surface area contributed by atoms with Gasteiger partial charge in [-0.1, -0.05) is 6.07 Å². The van der Waals surface area contributed by atoms with Gasteiger partial charge >= 0.3 is 5.97 Å². The number of rotatable bonds is 4. The summed E-state index contributed by atoms with van der Waals surface area (Å²) in [5.74, 6) is -0.839. The van der Waals surface area contributed by atoms with Gasteiger partial charge in [0.25, 0.3) is 5.91 Å². The van der Waals surface area contributed by atoms with Crippen LogP contribution < -0.4 is 5.32 Å². The maximum absolute atomic E-state index is 12.0. The third-order valence-electron chi connectivity index (χ3n) is 3.00. The molecule has 1 aliphatic carbocycles. The molecule has 0 spiro atoms. The minimum absolute atomic E-state index is 0.254. The standard InChI is InChI=1S/C14H13N3O3/c18-12(17-9-4-5-9)8-20-14(19)10-2-1-3-11-13(10)16-7-6-15-11/h1-3,6-7,9H,4-5,8H2,(H,17,18). The summed E-state index contributed by atoms with van der Waals surface area (Å²) in [4.78, 5) is 31.7. The SMILES string of the molecule is O=C(COC(=O)c1cccc2nccnc12)NC1CC1. The first kappa shape index (κ1) is 12.5. The molecule has 0 unspecified atom stereocenters. The fourth-order valence-electron chi connectivity index (χ4n) is 1.86. The van der Waals surface area contributed by atoms with E-state index in [-0.39, 0.29) is 18.6 Å². The number of esters is 1. The summed E-state index contributed by atoms with van der Waals surface area (Å²) < 4.78 is 5.01. The highest BCUT2D eigenvalue weighted by Crippen LogP contribution is 2.18. The van der Waals surface area contributed by atoms with Gasteiger partial charge in [0.05, 0.1) is 11.1 Å². The van der Waals surface area contributed by atoms with Crippen LogP contribution in [-0.4, -0.2) is 34.5 Å². The summed E-state index contributed by atoms with van der Waals surface area (Å²) in [6.45, 7) is -0.272. The third-order valence-corrected chi connectivity index (χ3v) is 3.00. The molecule has 20 heavy (non-hydrogen) atoms. The fourth-order valence-corrected chi connectivity index (χ4v) is 1.86. The van der Waals surface area contributed by atoms with Crippen molar-refractivity contribution in [2.75, 3.05) is 6.61 Å². The van der Waals surface area contributed by atoms with E-state index >= 15 is 0 Å². The average molecular weight is 271 g/mol. The number of hydrogen-bond donors (Lipinski definition) is 1. The van der Waals surface area contributed by atoms with Crippen molar-refractivity contribution in [2.45, 2.75) is 18.9 Å². The van der Waals surface area contributed by atoms with Crippen molar-refractivity contribution >= 4 is 22.9 Å². The van der Waals surface area contributed by atoms with Gasteiger partial charge in [0.1, 0.15) is 5.52 Å². The molecule has 3 rings (SSSR count). The topological polar surface area (TPSA) is 81.2 Å². The highest BCUT2D eigenvalue weighted by molar-refractivity contribution is 6.02. The lowest BCUT2D eigenvalue weighted by Crippen LogP contribution is -2.30. The van der Waals surface area contributed by atoms with Crippen LogP contribution in [0, 0.1) is 0 Å². The second-order valence-electron chi connectivity index (χ2n) is 4.65. The second kappa shape index (κ2) is 5.24. The Morgan fingerprint density at radius 3 is 2.85 bits per heavy atom. The van der Waals surface area contributed by atoms with Crippen LogP contribution in [0.4, 0.5) is 0 Å². The Bertz CT molecular complexity index is 662. The van der Waals surface area contributed by atoms with Crippen molar-refractivity contribution < 1.29 is 14.3 Å². The van der Waals surface area contributed by atoms with E-state index in [0.29, 0.717) is 16.6 Å². The number of para-hydroxylation sites is 1. The van der Waals surface area contributed by atoms with E-state index in [1.165, 1.54) is 6.20 Å². The minimum atomic E-state index is -0.568. The number of nitrogens with one attached hydrogen (secondary N) is 1. The van der Waals surface area contributed by atoms with E-state index in [4.69, 9.17) is 4.74 Å². The van der Waals surface area contributed by atoms with Gasteiger partial charge in [0, 0.05) is 18.4 Å². The molecule has 1 aromatic heterocycles. The number of carbonyl (C=O) groups excluding carboxylic acids is 2. The van der Waals surface area contributed by atoms with Gasteiger partial charge in [-0.05, 0) is 25.0 Å². The fraction of sp³-hybridized carbons (Fsp3) is 0.286. The molecule has 0 aliphatic heterocycles. The van der Waals surface area contributed by atoms with E-state index in [1.54, 1.807) is 24.4 Å². The van der Waals surface area contributed by atoms with Crippen molar-refractivity contribution in [2.24, 2.45) is 0 Å². The first-order valence-corrected chi connectivity index (χ1v) is 6.40. The summed E-state index contributed by atoms with van der Waals surface area (Å²) >= 11 is 0. The van der Waals surface area contributed by atoms with Crippen LogP contribution in [0.25, 0.3) is 11.0 Å². The second-order valence-corrected chi connectivity index (χ2v) is 4.65. The molecule has 0 bridgehead atoms. The van der Waals surface area contributed by atoms with Gasteiger partial charge in [-0.25, -0.2) is 4.79 Å². The van der Waals surface area contributed by atoms with E-state index in [0.717, 1.165) is 12.8 Å². The van der Waals surface area contributed by atoms with Gasteiger partial charge in [0.15, 0.2) is 6.61 Å². The van der Waals surface area contributed by atoms with Crippen LogP contribution in [0.3, 0.4) is 0 Å². The highest BCUT2D eigenvalue weighted by atomic mass is 16.5. The molecule has 0 radical (unpaired) electrons. The van der Waals surface area contributed by atoms with Gasteiger partial charge in [-0.3, -0.25) is 14.8 Å². The first-order chi connectivity index (χ1) is 9.74. The lowest BCUT2D eigenvalue weighted by Gasteiger charge is -2.06. The molecule has 0 atom stereocenters. The van der Waals surface area contributed by atoms with Gasteiger partial charge in [-0.2, -0.15) is 0 Å². The highest BCUT2D eigenvalue weighted by Gasteiger charge is 2.24. The maximum Gasteiger partial charge on any atom is 0.340 e. The smallest absolute Gasteiger partial charge is 0.340 e. The normalized spacial score (nSPS) is 14.0. The van der Waals surface area contributed by atoms with E-state index in [9.17, 15) is 9.59 Å². The number of carbonyl (C=O) groups is 2. The average Bonchev–Trinajstić information content (AvgIpc) is 3.28. The summed E-state index contributed by atoms with van der Waals surface area (Å²) in [6.07, 6.45) is 5.07. The van der Waals surface area contributed by atoms with E-state index in [2.05, 4.69) is 15.3 Å². The van der Waals surface area contributed by atoms with Crippen LogP contribution in [0.5, 0.6) is 0 Å². The van der Waals surface area contributed by atoms with Crippen LogP contribution in [-0.2, 0) is 9.53 Å². The van der Waals surface area contributed by atoms with Gasteiger partial charge in [-0.15, -0.1) is 0 Å². The number of benzene rings is 1. The van der Waals surface area contributed by atoms with Crippen LogP contribution in [0.15, 0.2) is 30.6 Å². The Kier molecular flexibility index (Phi) is 3.28. The molecule has 1 saturated carbocycles. The van der Waals surface area contributed by atoms with Crippen molar-refractivity contribution in [1.82, 2.24) is 15.3 Å². The van der Waals surface area contributed by atoms with E-state index in [1.807, 2.05) is 0 Å². The number of amides is 1. The summed E-state index contributed by atoms with van der Waals surface area (Å²) in [5.41, 5.74) is 1.40. The summed E-state index contributed by atoms with van der Waals surface area (Å²) in [6, 6.07) is 5.33. The zero-order valence-electron chi connectivity index (χ0n) is 10.7. The Labute approximate surface area is 115 Å². The first-order valence-electron chi connectivity index (χ1n) is 6.40. The third kappa shape index (κ3) is 2.74. The van der Waals surface area contributed by atoms with Crippen molar-refractivity contribution in [1.29, 1.82) is 0 Å². The zero-order chi connectivity index (χ0) is 13.9. The van der Waals surface area contributed by atoms with Crippen LogP contribution in [0.2, 0.25) is 0 Å². The largest absolute Gasteiger partial charge is 0.452 e. The summed E-state index contributed by atoms with van der Waals surface area (Å²) in [5, 5.41) is 2.75. The molecule has 1 aliphatic rings. The minimum Gasteiger partial charge on any atom is -0.452 e. The van der Waals surface area contributed by atoms with Gasteiger partial charge in [0.2, 0.25) is 0 Å². The zero-order valence-corrected chi connectivity index (χ0v) is 10.7. The molecule has 1 amide bonds. The molecule has 1 aromatic carbocycles. The number of aromatic nitrogens is 2. The van der Waals surface area contributed by atoms with Gasteiger partial charge < -0.3 is 10.1 Å². The van der Waals surface area contributed by atoms with Crippen molar-refractivity contribution in [3.05, 3.63) is 36.2 Å². The number of nitrogens with zero attached hydrogens (tertiary/aromatic N) is 2. The summed E-state index contributed by atoms with van der Waals surface area (Å²) in [7, 11) is 0. The molecule has 1 heterocycles. The Hall–Kier alpha value is -2.50. The predicted octanol–water partition coefficient (Wildman–Crippen LogP) is 1.07. The molecule has 1 N–H and O–H groups in total.